The first-order chi connectivity index (χ1) is 7.52. The van der Waals surface area contributed by atoms with E-state index in [1.807, 2.05) is 0 Å². The van der Waals surface area contributed by atoms with Gasteiger partial charge in [0.05, 0.1) is 23.7 Å². The van der Waals surface area contributed by atoms with Gasteiger partial charge in [0.25, 0.3) is 5.69 Å². The molecule has 0 bridgehead atoms. The SMILES string of the molecule is COCC(C)Oc1cc([N+](=O)[O-])cc(N)n1. The number of nitrogens with zero attached hydrogens (tertiary/aromatic N) is 2. The van der Waals surface area contributed by atoms with E-state index >= 15 is 0 Å². The van der Waals surface area contributed by atoms with Gasteiger partial charge in [-0.2, -0.15) is 4.98 Å². The second kappa shape index (κ2) is 5.26. The molecule has 0 aliphatic rings. The van der Waals surface area contributed by atoms with E-state index in [1.54, 1.807) is 6.92 Å². The maximum absolute atomic E-state index is 10.6. The van der Waals surface area contributed by atoms with Crippen molar-refractivity contribution in [3.05, 3.63) is 22.2 Å². The predicted octanol–water partition coefficient (Wildman–Crippen LogP) is 0.986. The molecule has 0 spiro atoms. The molecule has 0 aliphatic heterocycles. The first-order valence-corrected chi connectivity index (χ1v) is 4.60. The van der Waals surface area contributed by atoms with Gasteiger partial charge in [-0.05, 0) is 6.92 Å². The number of anilines is 1. The van der Waals surface area contributed by atoms with Crippen molar-refractivity contribution < 1.29 is 14.4 Å². The molecule has 0 aliphatic carbocycles. The first kappa shape index (κ1) is 12.2. The van der Waals surface area contributed by atoms with E-state index in [9.17, 15) is 10.1 Å². The van der Waals surface area contributed by atoms with Gasteiger partial charge in [-0.3, -0.25) is 10.1 Å². The van der Waals surface area contributed by atoms with Gasteiger partial charge >= 0.3 is 0 Å². The molecule has 1 aromatic heterocycles. The molecule has 2 N–H and O–H groups in total. The second-order valence-electron chi connectivity index (χ2n) is 3.23. The summed E-state index contributed by atoms with van der Waals surface area (Å²) in [6.07, 6.45) is -0.251. The van der Waals surface area contributed by atoms with Crippen LogP contribution >= 0.6 is 0 Å². The summed E-state index contributed by atoms with van der Waals surface area (Å²) in [6, 6.07) is 2.40. The Morgan fingerprint density at radius 3 is 2.88 bits per heavy atom. The number of methoxy groups -OCH3 is 1. The van der Waals surface area contributed by atoms with E-state index in [0.717, 1.165) is 0 Å². The van der Waals surface area contributed by atoms with Crippen molar-refractivity contribution in [3.63, 3.8) is 0 Å². The summed E-state index contributed by atoms with van der Waals surface area (Å²) in [6.45, 7) is 2.13. The van der Waals surface area contributed by atoms with Crippen LogP contribution in [0.4, 0.5) is 11.5 Å². The van der Waals surface area contributed by atoms with Crippen LogP contribution in [-0.2, 0) is 4.74 Å². The summed E-state index contributed by atoms with van der Waals surface area (Å²) in [5, 5.41) is 10.6. The van der Waals surface area contributed by atoms with Gasteiger partial charge in [0, 0.05) is 7.11 Å². The van der Waals surface area contributed by atoms with Gasteiger partial charge in [0.1, 0.15) is 11.9 Å². The molecule has 0 amide bonds. The third-order valence-electron chi connectivity index (χ3n) is 1.74. The zero-order valence-corrected chi connectivity index (χ0v) is 9.04. The molecule has 16 heavy (non-hydrogen) atoms. The molecule has 0 saturated carbocycles. The van der Waals surface area contributed by atoms with E-state index in [1.165, 1.54) is 19.2 Å². The molecule has 1 heterocycles. The minimum Gasteiger partial charge on any atom is -0.472 e. The predicted molar refractivity (Wildman–Crippen MR) is 57.3 cm³/mol. The summed E-state index contributed by atoms with van der Waals surface area (Å²) >= 11 is 0. The number of hydrogen-bond acceptors (Lipinski definition) is 6. The third kappa shape index (κ3) is 3.35. The summed E-state index contributed by atoms with van der Waals surface area (Å²) in [7, 11) is 1.54. The Morgan fingerprint density at radius 2 is 2.31 bits per heavy atom. The molecule has 1 unspecified atom stereocenters. The Kier molecular flexibility index (Phi) is 4.01. The average molecular weight is 227 g/mol. The van der Waals surface area contributed by atoms with Crippen molar-refractivity contribution >= 4 is 11.5 Å². The largest absolute Gasteiger partial charge is 0.472 e. The molecule has 7 heteroatoms. The lowest BCUT2D eigenvalue weighted by atomic mass is 10.4. The smallest absolute Gasteiger partial charge is 0.278 e. The molecule has 7 nitrogen and oxygen atoms in total. The summed E-state index contributed by atoms with van der Waals surface area (Å²) in [5.41, 5.74) is 5.27. The van der Waals surface area contributed by atoms with Crippen LogP contribution in [0.5, 0.6) is 5.88 Å². The van der Waals surface area contributed by atoms with Gasteiger partial charge in [-0.15, -0.1) is 0 Å². The quantitative estimate of drug-likeness (QED) is 0.594. The Balaban J connectivity index is 2.84. The summed E-state index contributed by atoms with van der Waals surface area (Å²) < 4.78 is 10.2. The van der Waals surface area contributed by atoms with Crippen LogP contribution in [0.15, 0.2) is 12.1 Å². The zero-order valence-electron chi connectivity index (χ0n) is 9.04. The maximum Gasteiger partial charge on any atom is 0.278 e. The van der Waals surface area contributed by atoms with Gasteiger partial charge < -0.3 is 15.2 Å². The van der Waals surface area contributed by atoms with Gasteiger partial charge in [0.2, 0.25) is 5.88 Å². The van der Waals surface area contributed by atoms with E-state index in [-0.39, 0.29) is 23.5 Å². The Bertz CT molecular complexity index is 383. The van der Waals surface area contributed by atoms with Crippen LogP contribution in [0, 0.1) is 10.1 Å². The molecule has 0 saturated heterocycles. The minimum atomic E-state index is -0.550. The van der Waals surface area contributed by atoms with Crippen LogP contribution in [0.25, 0.3) is 0 Å². The Labute approximate surface area is 92.3 Å². The van der Waals surface area contributed by atoms with Crippen molar-refractivity contribution in [3.8, 4) is 5.88 Å². The fourth-order valence-electron chi connectivity index (χ4n) is 1.15. The molecule has 1 aromatic rings. The number of pyridine rings is 1. The average Bonchev–Trinajstić information content (AvgIpc) is 2.16. The van der Waals surface area contributed by atoms with Crippen LogP contribution in [0.3, 0.4) is 0 Å². The number of rotatable bonds is 5. The lowest BCUT2D eigenvalue weighted by Crippen LogP contribution is -2.18. The minimum absolute atomic E-state index is 0.0498. The third-order valence-corrected chi connectivity index (χ3v) is 1.74. The fraction of sp³-hybridized carbons (Fsp3) is 0.444. The zero-order chi connectivity index (χ0) is 12.1. The highest BCUT2D eigenvalue weighted by molar-refractivity contribution is 5.45. The molecule has 1 rings (SSSR count). The van der Waals surface area contributed by atoms with Crippen LogP contribution < -0.4 is 10.5 Å². The highest BCUT2D eigenvalue weighted by atomic mass is 16.6. The van der Waals surface area contributed by atoms with Crippen molar-refractivity contribution in [1.29, 1.82) is 0 Å². The molecular weight excluding hydrogens is 214 g/mol. The molecule has 0 fully saturated rings. The summed E-state index contributed by atoms with van der Waals surface area (Å²) in [5.74, 6) is 0.171. The summed E-state index contributed by atoms with van der Waals surface area (Å²) in [4.78, 5) is 13.8. The van der Waals surface area contributed by atoms with E-state index in [0.29, 0.717) is 6.61 Å². The highest BCUT2D eigenvalue weighted by Gasteiger charge is 2.12. The number of ether oxygens (including phenoxy) is 2. The molecular formula is C9H13N3O4. The van der Waals surface area contributed by atoms with Crippen LogP contribution in [0.1, 0.15) is 6.92 Å². The van der Waals surface area contributed by atoms with Crippen molar-refractivity contribution in [2.24, 2.45) is 0 Å². The first-order valence-electron chi connectivity index (χ1n) is 4.60. The number of nitrogen functional groups attached to an aromatic ring is 1. The normalized spacial score (nSPS) is 12.1. The monoisotopic (exact) mass is 227 g/mol. The van der Waals surface area contributed by atoms with Crippen LogP contribution in [0.2, 0.25) is 0 Å². The molecule has 1 atom stereocenters. The standard InChI is InChI=1S/C9H13N3O4/c1-6(5-15-2)16-9-4-7(12(13)14)3-8(10)11-9/h3-4,6H,5H2,1-2H3,(H2,10,11). The second-order valence-corrected chi connectivity index (χ2v) is 3.23. The van der Waals surface area contributed by atoms with Crippen molar-refractivity contribution in [2.45, 2.75) is 13.0 Å². The lowest BCUT2D eigenvalue weighted by molar-refractivity contribution is -0.384. The highest BCUT2D eigenvalue weighted by Crippen LogP contribution is 2.21. The van der Waals surface area contributed by atoms with E-state index < -0.39 is 4.92 Å². The van der Waals surface area contributed by atoms with Crippen molar-refractivity contribution in [1.82, 2.24) is 4.98 Å². The van der Waals surface area contributed by atoms with E-state index in [4.69, 9.17) is 15.2 Å². The molecule has 0 aromatic carbocycles. The maximum atomic E-state index is 10.6. The number of aromatic nitrogens is 1. The van der Waals surface area contributed by atoms with Gasteiger partial charge in [-0.1, -0.05) is 0 Å². The Hall–Kier alpha value is -1.89. The molecule has 0 radical (unpaired) electrons. The fourth-order valence-corrected chi connectivity index (χ4v) is 1.15. The lowest BCUT2D eigenvalue weighted by Gasteiger charge is -2.12. The molecule has 88 valence electrons. The number of nitro groups is 1. The number of hydrogen-bond donors (Lipinski definition) is 1. The Morgan fingerprint density at radius 1 is 1.62 bits per heavy atom. The van der Waals surface area contributed by atoms with Gasteiger partial charge in [-0.25, -0.2) is 0 Å². The van der Waals surface area contributed by atoms with Gasteiger partial charge in [0.15, 0.2) is 0 Å². The number of nitrogens with two attached hydrogens (primary N) is 1. The van der Waals surface area contributed by atoms with Crippen LogP contribution in [-0.4, -0.2) is 29.7 Å². The van der Waals surface area contributed by atoms with E-state index in [2.05, 4.69) is 4.98 Å². The van der Waals surface area contributed by atoms with Crippen molar-refractivity contribution in [2.75, 3.05) is 19.5 Å². The topological polar surface area (TPSA) is 101 Å².